The molecule has 1 aromatic carbocycles. The Morgan fingerprint density at radius 3 is 2.84 bits per heavy atom. The van der Waals surface area contributed by atoms with Gasteiger partial charge in [0, 0.05) is 11.8 Å². The topological polar surface area (TPSA) is 78.8 Å². The van der Waals surface area contributed by atoms with Gasteiger partial charge in [-0.25, -0.2) is 19.3 Å². The number of hydrogen-bond acceptors (Lipinski definition) is 3. The molecule has 0 radical (unpaired) electrons. The summed E-state index contributed by atoms with van der Waals surface area (Å²) in [6.45, 7) is 0. The summed E-state index contributed by atoms with van der Waals surface area (Å²) in [5, 5.41) is 6.42. The van der Waals surface area contributed by atoms with Crippen molar-refractivity contribution >= 4 is 16.7 Å². The number of nitrogens with one attached hydrogen (secondary N) is 2. The molecule has 3 aromatic heterocycles. The molecule has 0 saturated heterocycles. The molecule has 0 aliphatic carbocycles. The molecule has 0 spiro atoms. The van der Waals surface area contributed by atoms with Gasteiger partial charge in [0.05, 0.1) is 0 Å². The second-order valence-corrected chi connectivity index (χ2v) is 4.26. The van der Waals surface area contributed by atoms with Crippen molar-refractivity contribution < 1.29 is 0 Å². The van der Waals surface area contributed by atoms with E-state index in [2.05, 4.69) is 20.2 Å². The van der Waals surface area contributed by atoms with Crippen LogP contribution >= 0.6 is 0 Å². The Morgan fingerprint density at radius 1 is 1.16 bits per heavy atom. The normalized spacial score (nSPS) is 11.4. The Labute approximate surface area is 106 Å². The molecular weight excluding hydrogens is 242 g/mol. The number of rotatable bonds is 1. The van der Waals surface area contributed by atoms with Crippen molar-refractivity contribution in [1.29, 1.82) is 0 Å². The summed E-state index contributed by atoms with van der Waals surface area (Å²) < 4.78 is 1.38. The minimum absolute atomic E-state index is 0.291. The third-order valence-electron chi connectivity index (χ3n) is 3.17. The molecule has 4 rings (SSSR count). The molecule has 4 aromatic rings. The van der Waals surface area contributed by atoms with Crippen molar-refractivity contribution in [1.82, 2.24) is 24.6 Å². The molecular formula is C13H9N5O. The fraction of sp³-hybridized carbons (Fsp3) is 0. The number of benzene rings is 1. The summed E-state index contributed by atoms with van der Waals surface area (Å²) in [4.78, 5) is 19.0. The van der Waals surface area contributed by atoms with Gasteiger partial charge in [-0.05, 0) is 5.56 Å². The Bertz CT molecular complexity index is 932. The van der Waals surface area contributed by atoms with E-state index in [4.69, 9.17) is 0 Å². The lowest BCUT2D eigenvalue weighted by molar-refractivity contribution is 1.00. The van der Waals surface area contributed by atoms with Gasteiger partial charge in [-0.3, -0.25) is 0 Å². The van der Waals surface area contributed by atoms with Crippen LogP contribution in [-0.4, -0.2) is 24.6 Å². The van der Waals surface area contributed by atoms with E-state index < -0.39 is 0 Å². The third kappa shape index (κ3) is 1.33. The van der Waals surface area contributed by atoms with E-state index >= 15 is 0 Å². The second-order valence-electron chi connectivity index (χ2n) is 4.26. The Morgan fingerprint density at radius 2 is 2.00 bits per heavy atom. The molecule has 92 valence electrons. The van der Waals surface area contributed by atoms with Crippen molar-refractivity contribution in [2.75, 3.05) is 0 Å². The van der Waals surface area contributed by atoms with Crippen LogP contribution in [0.15, 0.2) is 47.7 Å². The maximum absolute atomic E-state index is 11.5. The Balaban J connectivity index is 2.10. The van der Waals surface area contributed by atoms with Gasteiger partial charge in [0.2, 0.25) is 0 Å². The first-order valence-electron chi connectivity index (χ1n) is 5.83. The average molecular weight is 251 g/mol. The van der Waals surface area contributed by atoms with Gasteiger partial charge in [0.15, 0.2) is 5.65 Å². The lowest BCUT2D eigenvalue weighted by Crippen LogP contribution is -2.09. The lowest BCUT2D eigenvalue weighted by atomic mass is 10.1. The van der Waals surface area contributed by atoms with Gasteiger partial charge in [-0.15, -0.1) is 0 Å². The number of fused-ring (bicyclic) bond motifs is 3. The highest BCUT2D eigenvalue weighted by Gasteiger charge is 2.12. The van der Waals surface area contributed by atoms with Gasteiger partial charge in [0.1, 0.15) is 17.4 Å². The maximum Gasteiger partial charge on any atom is 0.349 e. The molecule has 6 heteroatoms. The maximum atomic E-state index is 11.5. The van der Waals surface area contributed by atoms with Gasteiger partial charge >= 0.3 is 5.69 Å². The van der Waals surface area contributed by atoms with Crippen LogP contribution in [0.25, 0.3) is 27.8 Å². The smallest absolute Gasteiger partial charge is 0.349 e. The van der Waals surface area contributed by atoms with E-state index in [-0.39, 0.29) is 5.69 Å². The van der Waals surface area contributed by atoms with Crippen molar-refractivity contribution in [2.45, 2.75) is 0 Å². The van der Waals surface area contributed by atoms with Crippen molar-refractivity contribution in [2.24, 2.45) is 0 Å². The van der Waals surface area contributed by atoms with E-state index in [1.165, 1.54) is 10.7 Å². The Kier molecular flexibility index (Phi) is 1.88. The van der Waals surface area contributed by atoms with Crippen LogP contribution in [0, 0.1) is 0 Å². The van der Waals surface area contributed by atoms with Crippen LogP contribution in [0.5, 0.6) is 0 Å². The van der Waals surface area contributed by atoms with Crippen LogP contribution in [0.2, 0.25) is 0 Å². The van der Waals surface area contributed by atoms with E-state index in [0.29, 0.717) is 5.65 Å². The van der Waals surface area contributed by atoms with Crippen molar-refractivity contribution in [3.8, 4) is 11.1 Å². The molecule has 19 heavy (non-hydrogen) atoms. The number of hydrogen-bond donors (Lipinski definition) is 2. The molecule has 0 atom stereocenters. The van der Waals surface area contributed by atoms with Crippen LogP contribution in [-0.2, 0) is 0 Å². The van der Waals surface area contributed by atoms with Gasteiger partial charge < -0.3 is 4.98 Å². The summed E-state index contributed by atoms with van der Waals surface area (Å²) in [5.41, 5.74) is 3.88. The molecule has 0 amide bonds. The fourth-order valence-electron chi connectivity index (χ4n) is 2.26. The van der Waals surface area contributed by atoms with Crippen LogP contribution < -0.4 is 5.69 Å². The third-order valence-corrected chi connectivity index (χ3v) is 3.17. The molecule has 6 nitrogen and oxygen atoms in total. The number of nitrogens with zero attached hydrogens (tertiary/aromatic N) is 3. The van der Waals surface area contributed by atoms with E-state index in [0.717, 1.165) is 22.2 Å². The Hall–Kier alpha value is -2.89. The van der Waals surface area contributed by atoms with Crippen molar-refractivity contribution in [3.05, 3.63) is 53.3 Å². The summed E-state index contributed by atoms with van der Waals surface area (Å²) in [6, 6.07) is 9.96. The molecule has 0 saturated carbocycles. The molecule has 0 bridgehead atoms. The molecule has 0 fully saturated rings. The minimum Gasteiger partial charge on any atom is -0.356 e. The predicted molar refractivity (Wildman–Crippen MR) is 70.9 cm³/mol. The van der Waals surface area contributed by atoms with Gasteiger partial charge in [0.25, 0.3) is 0 Å². The van der Waals surface area contributed by atoms with Crippen LogP contribution in [0.4, 0.5) is 0 Å². The second kappa shape index (κ2) is 3.55. The zero-order valence-corrected chi connectivity index (χ0v) is 9.79. The highest BCUT2D eigenvalue weighted by atomic mass is 16.1. The predicted octanol–water partition coefficient (Wildman–Crippen LogP) is 1.57. The first-order valence-corrected chi connectivity index (χ1v) is 5.83. The number of aromatic amines is 2. The highest BCUT2D eigenvalue weighted by molar-refractivity contribution is 5.98. The number of aromatic nitrogens is 5. The molecule has 0 unspecified atom stereocenters. The monoisotopic (exact) mass is 251 g/mol. The quantitative estimate of drug-likeness (QED) is 0.539. The fourth-order valence-corrected chi connectivity index (χ4v) is 2.26. The highest BCUT2D eigenvalue weighted by Crippen LogP contribution is 2.27. The van der Waals surface area contributed by atoms with E-state index in [9.17, 15) is 4.79 Å². The molecule has 0 aliphatic heterocycles. The standard InChI is InChI=1S/C13H9N5O/c19-13-17-16-12-11-10(15-7-18(12)13)9(6-14-11)8-4-2-1-3-5-8/h1-7,14H,(H,17,19). The van der Waals surface area contributed by atoms with Crippen molar-refractivity contribution in [3.63, 3.8) is 0 Å². The summed E-state index contributed by atoms with van der Waals surface area (Å²) in [7, 11) is 0. The van der Waals surface area contributed by atoms with Crippen LogP contribution in [0.3, 0.4) is 0 Å². The lowest BCUT2D eigenvalue weighted by Gasteiger charge is -1.98. The van der Waals surface area contributed by atoms with Gasteiger partial charge in [-0.1, -0.05) is 30.3 Å². The average Bonchev–Trinajstić information content (AvgIpc) is 3.03. The molecule has 0 aliphatic rings. The zero-order valence-electron chi connectivity index (χ0n) is 9.79. The largest absolute Gasteiger partial charge is 0.356 e. The summed E-state index contributed by atoms with van der Waals surface area (Å²) in [5.74, 6) is 0. The minimum atomic E-state index is -0.291. The SMILES string of the molecule is O=c1[nH]nc2c3[nH]cc(-c4ccccc4)c3ncn12. The van der Waals surface area contributed by atoms with Gasteiger partial charge in [-0.2, -0.15) is 5.10 Å². The molecule has 3 heterocycles. The zero-order chi connectivity index (χ0) is 12.8. The summed E-state index contributed by atoms with van der Waals surface area (Å²) >= 11 is 0. The van der Waals surface area contributed by atoms with E-state index in [1.54, 1.807) is 0 Å². The number of H-pyrrole nitrogens is 2. The van der Waals surface area contributed by atoms with E-state index in [1.807, 2.05) is 36.5 Å². The first-order chi connectivity index (χ1) is 9.34. The first kappa shape index (κ1) is 10.1. The summed E-state index contributed by atoms with van der Waals surface area (Å²) in [6.07, 6.45) is 3.37. The van der Waals surface area contributed by atoms with Crippen LogP contribution in [0.1, 0.15) is 0 Å². The molecule has 2 N–H and O–H groups in total.